The highest BCUT2D eigenvalue weighted by molar-refractivity contribution is 7.09. The molecule has 16 heavy (non-hydrogen) atoms. The van der Waals surface area contributed by atoms with Crippen LogP contribution < -0.4 is 5.32 Å². The molecule has 0 amide bonds. The third kappa shape index (κ3) is 2.58. The lowest BCUT2D eigenvalue weighted by Gasteiger charge is -2.06. The van der Waals surface area contributed by atoms with Crippen molar-refractivity contribution in [3.63, 3.8) is 0 Å². The normalized spacial score (nSPS) is 10.4. The Balaban J connectivity index is 1.89. The highest BCUT2D eigenvalue weighted by Crippen LogP contribution is 2.15. The summed E-state index contributed by atoms with van der Waals surface area (Å²) in [5.41, 5.74) is 3.47. The van der Waals surface area contributed by atoms with Crippen LogP contribution in [-0.2, 0) is 6.42 Å². The molecule has 0 saturated heterocycles. The molecule has 0 radical (unpaired) electrons. The number of hydrogen-bond donors (Lipinski definition) is 1. The SMILES string of the molecule is Cc1ncsc1CCNc1ccccc1F. The predicted molar refractivity (Wildman–Crippen MR) is 65.4 cm³/mol. The van der Waals surface area contributed by atoms with Crippen molar-refractivity contribution in [2.24, 2.45) is 0 Å². The van der Waals surface area contributed by atoms with Crippen molar-refractivity contribution in [3.05, 3.63) is 46.2 Å². The van der Waals surface area contributed by atoms with Gasteiger partial charge >= 0.3 is 0 Å². The molecule has 0 spiro atoms. The topological polar surface area (TPSA) is 24.9 Å². The number of nitrogens with zero attached hydrogens (tertiary/aromatic N) is 1. The lowest BCUT2D eigenvalue weighted by Crippen LogP contribution is -2.06. The highest BCUT2D eigenvalue weighted by Gasteiger charge is 2.02. The van der Waals surface area contributed by atoms with E-state index in [4.69, 9.17) is 0 Å². The third-order valence-corrected chi connectivity index (χ3v) is 3.38. The van der Waals surface area contributed by atoms with Crippen molar-refractivity contribution >= 4 is 17.0 Å². The summed E-state index contributed by atoms with van der Waals surface area (Å²) < 4.78 is 13.3. The van der Waals surface area contributed by atoms with Gasteiger partial charge in [-0.05, 0) is 19.1 Å². The van der Waals surface area contributed by atoms with E-state index in [0.717, 1.165) is 18.7 Å². The lowest BCUT2D eigenvalue weighted by atomic mass is 10.2. The largest absolute Gasteiger partial charge is 0.382 e. The molecular weight excluding hydrogens is 223 g/mol. The van der Waals surface area contributed by atoms with Crippen LogP contribution in [-0.4, -0.2) is 11.5 Å². The van der Waals surface area contributed by atoms with Crippen molar-refractivity contribution in [1.82, 2.24) is 4.98 Å². The number of aryl methyl sites for hydroxylation is 1. The Bertz CT molecular complexity index is 468. The minimum atomic E-state index is -0.205. The zero-order chi connectivity index (χ0) is 11.4. The summed E-state index contributed by atoms with van der Waals surface area (Å²) in [5, 5.41) is 3.08. The van der Waals surface area contributed by atoms with Gasteiger partial charge in [0.25, 0.3) is 0 Å². The van der Waals surface area contributed by atoms with Crippen LogP contribution in [0.4, 0.5) is 10.1 Å². The van der Waals surface area contributed by atoms with Crippen LogP contribution in [0.5, 0.6) is 0 Å². The minimum Gasteiger partial charge on any atom is -0.382 e. The Hall–Kier alpha value is -1.42. The highest BCUT2D eigenvalue weighted by atomic mass is 32.1. The molecule has 1 aromatic heterocycles. The smallest absolute Gasteiger partial charge is 0.146 e. The first kappa shape index (κ1) is 11.1. The molecule has 4 heteroatoms. The second-order valence-electron chi connectivity index (χ2n) is 3.52. The molecule has 84 valence electrons. The minimum absolute atomic E-state index is 0.205. The van der Waals surface area contributed by atoms with E-state index in [1.54, 1.807) is 23.5 Å². The Labute approximate surface area is 98.2 Å². The first-order valence-electron chi connectivity index (χ1n) is 5.15. The van der Waals surface area contributed by atoms with E-state index in [2.05, 4.69) is 10.3 Å². The summed E-state index contributed by atoms with van der Waals surface area (Å²) in [4.78, 5) is 5.43. The second-order valence-corrected chi connectivity index (χ2v) is 4.46. The van der Waals surface area contributed by atoms with Gasteiger partial charge in [-0.15, -0.1) is 11.3 Å². The molecule has 0 atom stereocenters. The van der Waals surface area contributed by atoms with Crippen LogP contribution >= 0.6 is 11.3 Å². The molecule has 0 saturated carbocycles. The number of halogens is 1. The third-order valence-electron chi connectivity index (χ3n) is 2.39. The number of rotatable bonds is 4. The molecule has 0 aliphatic carbocycles. The van der Waals surface area contributed by atoms with Crippen LogP contribution in [0.3, 0.4) is 0 Å². The summed E-state index contributed by atoms with van der Waals surface area (Å²) in [6.45, 7) is 2.72. The standard InChI is InChI=1S/C12H13FN2S/c1-9-12(16-8-15-9)6-7-14-11-5-3-2-4-10(11)13/h2-5,8,14H,6-7H2,1H3. The van der Waals surface area contributed by atoms with Gasteiger partial charge in [0.1, 0.15) is 5.82 Å². The molecule has 1 heterocycles. The average molecular weight is 236 g/mol. The summed E-state index contributed by atoms with van der Waals surface area (Å²) in [7, 11) is 0. The summed E-state index contributed by atoms with van der Waals surface area (Å²) >= 11 is 1.64. The van der Waals surface area contributed by atoms with Crippen LogP contribution in [0.2, 0.25) is 0 Å². The fourth-order valence-electron chi connectivity index (χ4n) is 1.48. The molecule has 0 unspecified atom stereocenters. The van der Waals surface area contributed by atoms with E-state index in [-0.39, 0.29) is 5.82 Å². The van der Waals surface area contributed by atoms with Gasteiger partial charge in [0, 0.05) is 17.8 Å². The Morgan fingerprint density at radius 1 is 1.38 bits per heavy atom. The van der Waals surface area contributed by atoms with E-state index >= 15 is 0 Å². The predicted octanol–water partition coefficient (Wildman–Crippen LogP) is 3.25. The Morgan fingerprint density at radius 3 is 2.88 bits per heavy atom. The zero-order valence-corrected chi connectivity index (χ0v) is 9.85. The average Bonchev–Trinajstić information content (AvgIpc) is 2.67. The van der Waals surface area contributed by atoms with Gasteiger partial charge in [-0.3, -0.25) is 0 Å². The molecule has 0 aliphatic rings. The van der Waals surface area contributed by atoms with Gasteiger partial charge in [-0.2, -0.15) is 0 Å². The number of nitrogens with one attached hydrogen (secondary N) is 1. The summed E-state index contributed by atoms with van der Waals surface area (Å²) in [5.74, 6) is -0.205. The number of anilines is 1. The molecule has 0 fully saturated rings. The van der Waals surface area contributed by atoms with E-state index < -0.39 is 0 Å². The van der Waals surface area contributed by atoms with Gasteiger partial charge in [0.05, 0.1) is 16.9 Å². The van der Waals surface area contributed by atoms with Crippen molar-refractivity contribution in [2.45, 2.75) is 13.3 Å². The van der Waals surface area contributed by atoms with E-state index in [0.29, 0.717) is 5.69 Å². The van der Waals surface area contributed by atoms with E-state index in [1.165, 1.54) is 10.9 Å². The molecule has 0 bridgehead atoms. The number of benzene rings is 1. The van der Waals surface area contributed by atoms with Crippen LogP contribution in [0.25, 0.3) is 0 Å². The Morgan fingerprint density at radius 2 is 2.19 bits per heavy atom. The van der Waals surface area contributed by atoms with Crippen molar-refractivity contribution < 1.29 is 4.39 Å². The van der Waals surface area contributed by atoms with E-state index in [1.807, 2.05) is 18.5 Å². The van der Waals surface area contributed by atoms with Gasteiger partial charge in [0.15, 0.2) is 0 Å². The maximum atomic E-state index is 13.3. The van der Waals surface area contributed by atoms with Crippen LogP contribution in [0.1, 0.15) is 10.6 Å². The second kappa shape index (κ2) is 5.07. The summed E-state index contributed by atoms with van der Waals surface area (Å²) in [6.07, 6.45) is 0.880. The van der Waals surface area contributed by atoms with Crippen LogP contribution in [0, 0.1) is 12.7 Å². The Kier molecular flexibility index (Phi) is 3.51. The maximum Gasteiger partial charge on any atom is 0.146 e. The number of para-hydroxylation sites is 1. The summed E-state index contributed by atoms with van der Waals surface area (Å²) in [6, 6.07) is 6.71. The number of hydrogen-bond acceptors (Lipinski definition) is 3. The fourth-order valence-corrected chi connectivity index (χ4v) is 2.26. The van der Waals surface area contributed by atoms with Crippen molar-refractivity contribution in [2.75, 3.05) is 11.9 Å². The molecule has 2 nitrogen and oxygen atoms in total. The lowest BCUT2D eigenvalue weighted by molar-refractivity contribution is 0.630. The van der Waals surface area contributed by atoms with Crippen molar-refractivity contribution in [1.29, 1.82) is 0 Å². The first-order valence-corrected chi connectivity index (χ1v) is 6.02. The molecule has 1 aromatic carbocycles. The number of aromatic nitrogens is 1. The van der Waals surface area contributed by atoms with Gasteiger partial charge in [-0.25, -0.2) is 9.37 Å². The van der Waals surface area contributed by atoms with E-state index in [9.17, 15) is 4.39 Å². The fraction of sp³-hybridized carbons (Fsp3) is 0.250. The maximum absolute atomic E-state index is 13.3. The van der Waals surface area contributed by atoms with Crippen molar-refractivity contribution in [3.8, 4) is 0 Å². The monoisotopic (exact) mass is 236 g/mol. The molecule has 0 aliphatic heterocycles. The molecular formula is C12H13FN2S. The quantitative estimate of drug-likeness (QED) is 0.881. The first-order chi connectivity index (χ1) is 7.77. The van der Waals surface area contributed by atoms with Gasteiger partial charge < -0.3 is 5.32 Å². The zero-order valence-electron chi connectivity index (χ0n) is 9.03. The van der Waals surface area contributed by atoms with Gasteiger partial charge in [-0.1, -0.05) is 12.1 Å². The van der Waals surface area contributed by atoms with Crippen LogP contribution in [0.15, 0.2) is 29.8 Å². The molecule has 2 rings (SSSR count). The van der Waals surface area contributed by atoms with Gasteiger partial charge in [0.2, 0.25) is 0 Å². The number of thiazole rings is 1. The molecule has 2 aromatic rings. The molecule has 1 N–H and O–H groups in total.